The first-order valence-corrected chi connectivity index (χ1v) is 3.77. The van der Waals surface area contributed by atoms with Crippen LogP contribution in [0.5, 0.6) is 0 Å². The molecule has 0 bridgehead atoms. The molecule has 0 saturated carbocycles. The predicted octanol–water partition coefficient (Wildman–Crippen LogP) is 2.14. The average Bonchev–Trinajstić information content (AvgIpc) is 2.08. The van der Waals surface area contributed by atoms with Gasteiger partial charge in [0, 0.05) is 5.56 Å². The normalized spacial score (nSPS) is 9.50. The van der Waals surface area contributed by atoms with Crippen LogP contribution in [0, 0.1) is 19.3 Å². The SMILES string of the molecule is Cc1ccc(C)c(C(=O)C=N)c1. The van der Waals surface area contributed by atoms with E-state index in [0.717, 1.165) is 17.3 Å². The number of hydrogen-bond acceptors (Lipinski definition) is 2. The van der Waals surface area contributed by atoms with Crippen LogP contribution in [0.1, 0.15) is 21.5 Å². The van der Waals surface area contributed by atoms with Crippen molar-refractivity contribution in [1.82, 2.24) is 0 Å². The fourth-order valence-electron chi connectivity index (χ4n) is 1.08. The lowest BCUT2D eigenvalue weighted by molar-refractivity contribution is 0.106. The van der Waals surface area contributed by atoms with Crippen LogP contribution in [0.2, 0.25) is 0 Å². The van der Waals surface area contributed by atoms with E-state index in [2.05, 4.69) is 0 Å². The maximum atomic E-state index is 11.1. The number of Topliss-reactive ketones (excluding diaryl/α,β-unsaturated/α-hetero) is 1. The van der Waals surface area contributed by atoms with Gasteiger partial charge in [-0.2, -0.15) is 0 Å². The molecule has 1 rings (SSSR count). The van der Waals surface area contributed by atoms with Crippen molar-refractivity contribution in [3.8, 4) is 0 Å². The monoisotopic (exact) mass is 161 g/mol. The van der Waals surface area contributed by atoms with E-state index >= 15 is 0 Å². The second-order valence-corrected chi connectivity index (χ2v) is 2.83. The molecule has 1 aromatic rings. The van der Waals surface area contributed by atoms with Crippen LogP contribution < -0.4 is 0 Å². The Labute approximate surface area is 71.7 Å². The summed E-state index contributed by atoms with van der Waals surface area (Å²) in [6.07, 6.45) is 0.849. The molecule has 0 aromatic heterocycles. The van der Waals surface area contributed by atoms with Crippen LogP contribution in [-0.2, 0) is 0 Å². The summed E-state index contributed by atoms with van der Waals surface area (Å²) in [5, 5.41) is 6.84. The molecular formula is C10H11NO. The van der Waals surface area contributed by atoms with Gasteiger partial charge in [0.25, 0.3) is 0 Å². The molecule has 2 nitrogen and oxygen atoms in total. The summed E-state index contributed by atoms with van der Waals surface area (Å²) in [6, 6.07) is 5.66. The average molecular weight is 161 g/mol. The maximum absolute atomic E-state index is 11.1. The minimum Gasteiger partial charge on any atom is -0.305 e. The lowest BCUT2D eigenvalue weighted by atomic mass is 10.0. The van der Waals surface area contributed by atoms with Crippen molar-refractivity contribution in [3.63, 3.8) is 0 Å². The molecule has 1 aromatic carbocycles. The highest BCUT2D eigenvalue weighted by Crippen LogP contribution is 2.10. The third-order valence-corrected chi connectivity index (χ3v) is 1.79. The largest absolute Gasteiger partial charge is 0.305 e. The first-order valence-electron chi connectivity index (χ1n) is 3.77. The Hall–Kier alpha value is -1.44. The van der Waals surface area contributed by atoms with Crippen molar-refractivity contribution >= 4 is 12.0 Å². The first-order chi connectivity index (χ1) is 5.65. The van der Waals surface area contributed by atoms with E-state index in [4.69, 9.17) is 5.41 Å². The van der Waals surface area contributed by atoms with E-state index in [1.165, 1.54) is 0 Å². The van der Waals surface area contributed by atoms with E-state index in [-0.39, 0.29) is 5.78 Å². The maximum Gasteiger partial charge on any atom is 0.203 e. The zero-order chi connectivity index (χ0) is 9.14. The lowest BCUT2D eigenvalue weighted by Crippen LogP contribution is -2.02. The van der Waals surface area contributed by atoms with Gasteiger partial charge in [0.15, 0.2) is 0 Å². The highest BCUT2D eigenvalue weighted by Gasteiger charge is 2.04. The second kappa shape index (κ2) is 3.30. The highest BCUT2D eigenvalue weighted by molar-refractivity contribution is 6.34. The Bertz CT molecular complexity index is 329. The van der Waals surface area contributed by atoms with Gasteiger partial charge in [0.1, 0.15) is 0 Å². The molecular weight excluding hydrogens is 150 g/mol. The Morgan fingerprint density at radius 1 is 1.42 bits per heavy atom. The van der Waals surface area contributed by atoms with Crippen LogP contribution in [0.3, 0.4) is 0 Å². The molecule has 0 heterocycles. The van der Waals surface area contributed by atoms with Crippen molar-refractivity contribution in [2.75, 3.05) is 0 Å². The first kappa shape index (κ1) is 8.65. The Morgan fingerprint density at radius 3 is 2.67 bits per heavy atom. The number of aryl methyl sites for hydroxylation is 2. The van der Waals surface area contributed by atoms with Gasteiger partial charge in [0.05, 0.1) is 6.21 Å². The molecule has 0 spiro atoms. The van der Waals surface area contributed by atoms with Crippen LogP contribution in [0.25, 0.3) is 0 Å². The van der Waals surface area contributed by atoms with Gasteiger partial charge in [-0.25, -0.2) is 0 Å². The minimum absolute atomic E-state index is 0.226. The molecule has 1 N–H and O–H groups in total. The van der Waals surface area contributed by atoms with Gasteiger partial charge < -0.3 is 5.41 Å². The summed E-state index contributed by atoms with van der Waals surface area (Å²) >= 11 is 0. The summed E-state index contributed by atoms with van der Waals surface area (Å²) in [5.41, 5.74) is 2.60. The fraction of sp³-hybridized carbons (Fsp3) is 0.200. The zero-order valence-corrected chi connectivity index (χ0v) is 7.22. The molecule has 0 radical (unpaired) electrons. The van der Waals surface area contributed by atoms with E-state index in [9.17, 15) is 4.79 Å². The molecule has 0 aliphatic heterocycles. The van der Waals surface area contributed by atoms with E-state index < -0.39 is 0 Å². The topological polar surface area (TPSA) is 40.9 Å². The summed E-state index contributed by atoms with van der Waals surface area (Å²) in [7, 11) is 0. The summed E-state index contributed by atoms with van der Waals surface area (Å²) in [6.45, 7) is 3.80. The summed E-state index contributed by atoms with van der Waals surface area (Å²) < 4.78 is 0. The Morgan fingerprint density at radius 2 is 2.08 bits per heavy atom. The molecule has 0 fully saturated rings. The highest BCUT2D eigenvalue weighted by atomic mass is 16.1. The third-order valence-electron chi connectivity index (χ3n) is 1.79. The van der Waals surface area contributed by atoms with Gasteiger partial charge in [0.2, 0.25) is 5.78 Å². The third kappa shape index (κ3) is 1.59. The van der Waals surface area contributed by atoms with E-state index in [1.807, 2.05) is 32.0 Å². The molecule has 12 heavy (non-hydrogen) atoms. The quantitative estimate of drug-likeness (QED) is 0.524. The van der Waals surface area contributed by atoms with Crippen LogP contribution in [0.15, 0.2) is 18.2 Å². The van der Waals surface area contributed by atoms with E-state index in [0.29, 0.717) is 5.56 Å². The number of carbonyl (C=O) groups is 1. The molecule has 0 aliphatic rings. The molecule has 0 atom stereocenters. The van der Waals surface area contributed by atoms with Gasteiger partial charge in [-0.15, -0.1) is 0 Å². The standard InChI is InChI=1S/C10H11NO/c1-7-3-4-8(2)9(5-7)10(12)6-11/h3-6,11H,1-2H3. The Balaban J connectivity index is 3.22. The van der Waals surface area contributed by atoms with Crippen molar-refractivity contribution < 1.29 is 4.79 Å². The number of benzene rings is 1. The molecule has 0 saturated heterocycles. The number of hydrogen-bond donors (Lipinski definition) is 1. The number of ketones is 1. The zero-order valence-electron chi connectivity index (χ0n) is 7.22. The summed E-state index contributed by atoms with van der Waals surface area (Å²) in [4.78, 5) is 11.1. The fourth-order valence-corrected chi connectivity index (χ4v) is 1.08. The number of rotatable bonds is 2. The Kier molecular flexibility index (Phi) is 2.38. The van der Waals surface area contributed by atoms with Crippen molar-refractivity contribution in [2.24, 2.45) is 0 Å². The lowest BCUT2D eigenvalue weighted by Gasteiger charge is -2.01. The molecule has 0 unspecified atom stereocenters. The van der Waals surface area contributed by atoms with Crippen LogP contribution in [-0.4, -0.2) is 12.0 Å². The van der Waals surface area contributed by atoms with Crippen molar-refractivity contribution in [3.05, 3.63) is 34.9 Å². The van der Waals surface area contributed by atoms with Gasteiger partial charge in [-0.1, -0.05) is 17.7 Å². The minimum atomic E-state index is -0.226. The van der Waals surface area contributed by atoms with Gasteiger partial charge in [-0.3, -0.25) is 4.79 Å². The van der Waals surface area contributed by atoms with Crippen molar-refractivity contribution in [1.29, 1.82) is 5.41 Å². The molecule has 2 heteroatoms. The van der Waals surface area contributed by atoms with Gasteiger partial charge >= 0.3 is 0 Å². The van der Waals surface area contributed by atoms with E-state index in [1.54, 1.807) is 0 Å². The number of nitrogens with one attached hydrogen (secondary N) is 1. The molecule has 0 amide bonds. The van der Waals surface area contributed by atoms with Gasteiger partial charge in [-0.05, 0) is 25.5 Å². The second-order valence-electron chi connectivity index (χ2n) is 2.83. The van der Waals surface area contributed by atoms with Crippen LogP contribution in [0.4, 0.5) is 0 Å². The smallest absolute Gasteiger partial charge is 0.203 e. The predicted molar refractivity (Wildman–Crippen MR) is 49.0 cm³/mol. The molecule has 62 valence electrons. The number of carbonyl (C=O) groups excluding carboxylic acids is 1. The summed E-state index contributed by atoms with van der Waals surface area (Å²) in [5.74, 6) is -0.226. The molecule has 0 aliphatic carbocycles. The van der Waals surface area contributed by atoms with Crippen molar-refractivity contribution in [2.45, 2.75) is 13.8 Å². The van der Waals surface area contributed by atoms with Crippen LogP contribution >= 0.6 is 0 Å².